The van der Waals surface area contributed by atoms with Crippen LogP contribution in [0.25, 0.3) is 10.8 Å². The zero-order valence-corrected chi connectivity index (χ0v) is 16.4. The first-order chi connectivity index (χ1) is 14.2. The van der Waals surface area contributed by atoms with Crippen molar-refractivity contribution in [3.05, 3.63) is 90.0 Å². The highest BCUT2D eigenvalue weighted by molar-refractivity contribution is 6.00. The van der Waals surface area contributed by atoms with Crippen molar-refractivity contribution in [3.8, 4) is 17.2 Å². The fourth-order valence-electron chi connectivity index (χ4n) is 4.81. The Morgan fingerprint density at radius 2 is 1.72 bits per heavy atom. The number of esters is 1. The number of carbonyl (C=O) groups excluding carboxylic acids is 1. The summed E-state index contributed by atoms with van der Waals surface area (Å²) in [6.45, 7) is 5.76. The van der Waals surface area contributed by atoms with E-state index in [0.29, 0.717) is 5.75 Å². The third kappa shape index (κ3) is 2.77. The van der Waals surface area contributed by atoms with Crippen LogP contribution in [0, 0.1) is 0 Å². The lowest BCUT2D eigenvalue weighted by Gasteiger charge is -2.24. The largest absolute Gasteiger partial charge is 0.456 e. The SMILES string of the molecule is C=CC(=O)Oc1c2c(c(Oc3ccccc3)c3ccccc13)C1C=C(CC)C2C1. The quantitative estimate of drug-likeness (QED) is 0.215. The minimum atomic E-state index is -0.432. The Bertz CT molecular complexity index is 1160. The summed E-state index contributed by atoms with van der Waals surface area (Å²) in [5, 5.41) is 1.86. The molecule has 0 N–H and O–H groups in total. The molecule has 0 aliphatic heterocycles. The molecule has 2 unspecified atom stereocenters. The Labute approximate surface area is 170 Å². The Morgan fingerprint density at radius 1 is 1.03 bits per heavy atom. The van der Waals surface area contributed by atoms with Crippen LogP contribution in [-0.2, 0) is 4.79 Å². The van der Waals surface area contributed by atoms with E-state index in [4.69, 9.17) is 9.47 Å². The van der Waals surface area contributed by atoms with Crippen molar-refractivity contribution in [1.82, 2.24) is 0 Å². The Balaban J connectivity index is 1.79. The number of fused-ring (bicyclic) bond motifs is 6. The van der Waals surface area contributed by atoms with Crippen LogP contribution >= 0.6 is 0 Å². The predicted octanol–water partition coefficient (Wildman–Crippen LogP) is 6.64. The third-order valence-corrected chi connectivity index (χ3v) is 6.01. The summed E-state index contributed by atoms with van der Waals surface area (Å²) < 4.78 is 12.3. The van der Waals surface area contributed by atoms with Gasteiger partial charge in [0.25, 0.3) is 0 Å². The molecular formula is C26H22O3. The number of para-hydroxylation sites is 1. The van der Waals surface area contributed by atoms with E-state index in [-0.39, 0.29) is 11.8 Å². The van der Waals surface area contributed by atoms with Gasteiger partial charge in [-0.05, 0) is 25.0 Å². The zero-order valence-electron chi connectivity index (χ0n) is 16.4. The van der Waals surface area contributed by atoms with Crippen LogP contribution in [0.4, 0.5) is 0 Å². The number of carbonyl (C=O) groups is 1. The van der Waals surface area contributed by atoms with E-state index in [1.54, 1.807) is 0 Å². The normalized spacial score (nSPS) is 19.0. The van der Waals surface area contributed by atoms with Gasteiger partial charge >= 0.3 is 5.97 Å². The second kappa shape index (κ2) is 6.93. The van der Waals surface area contributed by atoms with E-state index >= 15 is 0 Å². The van der Waals surface area contributed by atoms with E-state index in [1.807, 2.05) is 54.6 Å². The van der Waals surface area contributed by atoms with E-state index in [1.165, 1.54) is 11.6 Å². The summed E-state index contributed by atoms with van der Waals surface area (Å²) in [5.74, 6) is 2.47. The topological polar surface area (TPSA) is 35.5 Å². The molecule has 2 atom stereocenters. The van der Waals surface area contributed by atoms with Crippen molar-refractivity contribution in [3.63, 3.8) is 0 Å². The smallest absolute Gasteiger partial charge is 0.335 e. The van der Waals surface area contributed by atoms with Crippen LogP contribution in [0.5, 0.6) is 17.2 Å². The molecule has 0 aromatic heterocycles. The summed E-state index contributed by atoms with van der Waals surface area (Å²) in [6.07, 6.45) is 5.60. The van der Waals surface area contributed by atoms with Gasteiger partial charge in [0.1, 0.15) is 17.2 Å². The van der Waals surface area contributed by atoms with E-state index in [9.17, 15) is 4.79 Å². The molecule has 2 aliphatic carbocycles. The average Bonchev–Trinajstić information content (AvgIpc) is 3.35. The van der Waals surface area contributed by atoms with Crippen LogP contribution in [0.2, 0.25) is 0 Å². The fourth-order valence-corrected chi connectivity index (χ4v) is 4.81. The molecule has 3 aromatic rings. The molecule has 144 valence electrons. The van der Waals surface area contributed by atoms with Gasteiger partial charge < -0.3 is 9.47 Å². The lowest BCUT2D eigenvalue weighted by atomic mass is 9.86. The highest BCUT2D eigenvalue weighted by Crippen LogP contribution is 2.61. The van der Waals surface area contributed by atoms with Gasteiger partial charge in [-0.1, -0.05) is 67.6 Å². The van der Waals surface area contributed by atoms with Crippen LogP contribution in [0.3, 0.4) is 0 Å². The van der Waals surface area contributed by atoms with Gasteiger partial charge in [-0.25, -0.2) is 4.79 Å². The first-order valence-corrected chi connectivity index (χ1v) is 10.1. The molecule has 5 rings (SSSR count). The molecule has 3 heteroatoms. The van der Waals surface area contributed by atoms with Gasteiger partial charge in [0.2, 0.25) is 0 Å². The van der Waals surface area contributed by atoms with Crippen LogP contribution in [0.15, 0.2) is 78.9 Å². The highest BCUT2D eigenvalue weighted by atomic mass is 16.5. The Morgan fingerprint density at radius 3 is 2.41 bits per heavy atom. The number of allylic oxidation sites excluding steroid dienone is 2. The van der Waals surface area contributed by atoms with Gasteiger partial charge in [0.15, 0.2) is 0 Å². The van der Waals surface area contributed by atoms with Gasteiger partial charge in [0.05, 0.1) is 0 Å². The minimum absolute atomic E-state index is 0.273. The molecule has 3 nitrogen and oxygen atoms in total. The summed E-state index contributed by atoms with van der Waals surface area (Å²) in [6, 6.07) is 17.9. The molecule has 0 heterocycles. The van der Waals surface area contributed by atoms with Gasteiger partial charge in [-0.3, -0.25) is 0 Å². The second-order valence-corrected chi connectivity index (χ2v) is 7.56. The van der Waals surface area contributed by atoms with Crippen molar-refractivity contribution in [2.75, 3.05) is 0 Å². The standard InChI is InChI=1S/C26H22O3/c1-3-16-14-17-15-21(16)24-23(17)25(28-18-10-6-5-7-11-18)19-12-8-9-13-20(19)26(24)29-22(27)4-2/h4-14,17,21H,2-3,15H2,1H3. The van der Waals surface area contributed by atoms with Crippen LogP contribution in [0.1, 0.15) is 42.7 Å². The molecule has 0 amide bonds. The lowest BCUT2D eigenvalue weighted by molar-refractivity contribution is -0.128. The molecule has 0 saturated carbocycles. The van der Waals surface area contributed by atoms with E-state index in [2.05, 4.69) is 19.6 Å². The first-order valence-electron chi connectivity index (χ1n) is 10.1. The number of ether oxygens (including phenoxy) is 2. The Kier molecular flexibility index (Phi) is 4.24. The van der Waals surface area contributed by atoms with E-state index in [0.717, 1.165) is 46.2 Å². The predicted molar refractivity (Wildman–Crippen MR) is 115 cm³/mol. The number of hydrogen-bond donors (Lipinski definition) is 0. The second-order valence-electron chi connectivity index (χ2n) is 7.56. The fraction of sp³-hybridized carbons (Fsp3) is 0.192. The molecule has 29 heavy (non-hydrogen) atoms. The van der Waals surface area contributed by atoms with E-state index < -0.39 is 5.97 Å². The highest BCUT2D eigenvalue weighted by Gasteiger charge is 2.43. The molecule has 0 fully saturated rings. The van der Waals surface area contributed by atoms with Crippen molar-refractivity contribution >= 4 is 16.7 Å². The van der Waals surface area contributed by atoms with Crippen molar-refractivity contribution in [2.24, 2.45) is 0 Å². The van der Waals surface area contributed by atoms with Crippen LogP contribution < -0.4 is 9.47 Å². The van der Waals surface area contributed by atoms with Gasteiger partial charge in [-0.2, -0.15) is 0 Å². The monoisotopic (exact) mass is 382 g/mol. The van der Waals surface area contributed by atoms with Gasteiger partial charge in [-0.15, -0.1) is 0 Å². The first kappa shape index (κ1) is 17.7. The molecule has 0 radical (unpaired) electrons. The lowest BCUT2D eigenvalue weighted by Crippen LogP contribution is -2.10. The number of hydrogen-bond acceptors (Lipinski definition) is 3. The Hall–Kier alpha value is -3.33. The van der Waals surface area contributed by atoms with Gasteiger partial charge in [0, 0.05) is 39.8 Å². The summed E-state index contributed by atoms with van der Waals surface area (Å²) >= 11 is 0. The zero-order chi connectivity index (χ0) is 20.0. The summed E-state index contributed by atoms with van der Waals surface area (Å²) in [7, 11) is 0. The molecule has 0 spiro atoms. The number of rotatable bonds is 5. The maximum atomic E-state index is 12.2. The minimum Gasteiger partial charge on any atom is -0.456 e. The number of benzene rings is 3. The van der Waals surface area contributed by atoms with Crippen molar-refractivity contribution in [1.29, 1.82) is 0 Å². The summed E-state index contributed by atoms with van der Waals surface area (Å²) in [4.78, 5) is 12.2. The van der Waals surface area contributed by atoms with Crippen molar-refractivity contribution < 1.29 is 14.3 Å². The summed E-state index contributed by atoms with van der Waals surface area (Å²) in [5.41, 5.74) is 3.68. The third-order valence-electron chi connectivity index (χ3n) is 6.01. The molecule has 2 aliphatic rings. The maximum absolute atomic E-state index is 12.2. The molecule has 0 saturated heterocycles. The van der Waals surface area contributed by atoms with Crippen LogP contribution in [-0.4, -0.2) is 5.97 Å². The molecule has 3 aromatic carbocycles. The van der Waals surface area contributed by atoms with Crippen molar-refractivity contribution in [2.45, 2.75) is 31.6 Å². The molecular weight excluding hydrogens is 360 g/mol. The molecule has 2 bridgehead atoms. The maximum Gasteiger partial charge on any atom is 0.335 e. The average molecular weight is 382 g/mol.